The van der Waals surface area contributed by atoms with Gasteiger partial charge in [0.2, 0.25) is 12.0 Å². The fourth-order valence-corrected chi connectivity index (χ4v) is 3.49. The van der Waals surface area contributed by atoms with Crippen molar-refractivity contribution in [2.75, 3.05) is 6.61 Å². The molecule has 1 aliphatic heterocycles. The highest BCUT2D eigenvalue weighted by Gasteiger charge is 2.45. The molecule has 12 heteroatoms. The van der Waals surface area contributed by atoms with Crippen LogP contribution in [-0.2, 0) is 4.74 Å². The highest BCUT2D eigenvalue weighted by molar-refractivity contribution is 5.89. The molecule has 33 heavy (non-hydrogen) atoms. The summed E-state index contributed by atoms with van der Waals surface area (Å²) in [6, 6.07) is 5.66. The van der Waals surface area contributed by atoms with Crippen molar-refractivity contribution in [3.05, 3.63) is 40.6 Å². The first-order chi connectivity index (χ1) is 15.6. The number of phenols is 4. The summed E-state index contributed by atoms with van der Waals surface area (Å²) in [7, 11) is 0. The van der Waals surface area contributed by atoms with Crippen molar-refractivity contribution < 1.29 is 54.7 Å². The van der Waals surface area contributed by atoms with E-state index in [-0.39, 0.29) is 28.0 Å². The minimum Gasteiger partial charge on any atom is -0.504 e. The van der Waals surface area contributed by atoms with Gasteiger partial charge in [-0.15, -0.1) is 0 Å². The number of benzene rings is 2. The summed E-state index contributed by atoms with van der Waals surface area (Å²) in [6.07, 6.45) is -8.25. The Balaban J connectivity index is 1.75. The van der Waals surface area contributed by atoms with Gasteiger partial charge in [-0.3, -0.25) is 4.79 Å². The van der Waals surface area contributed by atoms with Gasteiger partial charge in [-0.1, -0.05) is 0 Å². The summed E-state index contributed by atoms with van der Waals surface area (Å²) >= 11 is 0. The van der Waals surface area contributed by atoms with Crippen LogP contribution in [0.4, 0.5) is 0 Å². The van der Waals surface area contributed by atoms with Crippen molar-refractivity contribution in [2.45, 2.75) is 30.7 Å². The maximum Gasteiger partial charge on any atom is 0.229 e. The number of phenolic OH excluding ortho intramolecular Hbond substituents is 4. The molecule has 12 nitrogen and oxygen atoms in total. The van der Waals surface area contributed by atoms with Crippen LogP contribution in [0, 0.1) is 0 Å². The van der Waals surface area contributed by atoms with Crippen molar-refractivity contribution >= 4 is 11.0 Å². The molecule has 1 saturated heterocycles. The number of ether oxygens (including phenoxy) is 2. The molecule has 4 rings (SSSR count). The molecule has 8 N–H and O–H groups in total. The maximum absolute atomic E-state index is 12.7. The van der Waals surface area contributed by atoms with Gasteiger partial charge in [0.25, 0.3) is 0 Å². The van der Waals surface area contributed by atoms with Gasteiger partial charge in [0.05, 0.1) is 6.61 Å². The normalized spacial score (nSPS) is 25.3. The highest BCUT2D eigenvalue weighted by atomic mass is 16.7. The summed E-state index contributed by atoms with van der Waals surface area (Å²) in [6.45, 7) is -0.723. The van der Waals surface area contributed by atoms with E-state index in [1.165, 1.54) is 12.1 Å². The minimum atomic E-state index is -1.82. The number of aliphatic hydroxyl groups is 4. The van der Waals surface area contributed by atoms with E-state index < -0.39 is 65.7 Å². The third-order valence-corrected chi connectivity index (χ3v) is 5.27. The molecule has 0 saturated carbocycles. The Morgan fingerprint density at radius 2 is 1.61 bits per heavy atom. The van der Waals surface area contributed by atoms with Crippen LogP contribution in [-0.4, -0.2) is 78.2 Å². The lowest BCUT2D eigenvalue weighted by Crippen LogP contribution is -2.60. The van der Waals surface area contributed by atoms with Crippen LogP contribution in [0.2, 0.25) is 0 Å². The van der Waals surface area contributed by atoms with E-state index in [4.69, 9.17) is 13.9 Å². The van der Waals surface area contributed by atoms with Gasteiger partial charge in [-0.2, -0.15) is 0 Å². The van der Waals surface area contributed by atoms with Crippen molar-refractivity contribution in [1.82, 2.24) is 0 Å². The lowest BCUT2D eigenvalue weighted by Gasteiger charge is -2.39. The van der Waals surface area contributed by atoms with Crippen LogP contribution in [0.3, 0.4) is 0 Å². The Hall–Kier alpha value is -3.55. The van der Waals surface area contributed by atoms with E-state index in [1.54, 1.807) is 0 Å². The Morgan fingerprint density at radius 1 is 0.879 bits per heavy atom. The first kappa shape index (κ1) is 22.6. The third-order valence-electron chi connectivity index (χ3n) is 5.27. The van der Waals surface area contributed by atoms with Gasteiger partial charge < -0.3 is 54.7 Å². The van der Waals surface area contributed by atoms with Crippen LogP contribution in [0.5, 0.6) is 28.7 Å². The Kier molecular flexibility index (Phi) is 5.78. The molecule has 5 atom stereocenters. The second-order valence-corrected chi connectivity index (χ2v) is 7.44. The molecule has 0 amide bonds. The Bertz CT molecular complexity index is 1250. The Morgan fingerprint density at radius 3 is 2.27 bits per heavy atom. The fraction of sp³-hybridized carbons (Fsp3) is 0.286. The molecular weight excluding hydrogens is 444 g/mol. The fourth-order valence-electron chi connectivity index (χ4n) is 3.49. The average Bonchev–Trinajstić information content (AvgIpc) is 2.77. The van der Waals surface area contributed by atoms with Crippen molar-refractivity contribution in [2.24, 2.45) is 0 Å². The highest BCUT2D eigenvalue weighted by Crippen LogP contribution is 2.43. The van der Waals surface area contributed by atoms with Gasteiger partial charge in [0.1, 0.15) is 41.1 Å². The number of rotatable bonds is 4. The number of hydrogen-bond donors (Lipinski definition) is 8. The topological polar surface area (TPSA) is 211 Å². The van der Waals surface area contributed by atoms with Gasteiger partial charge >= 0.3 is 0 Å². The second-order valence-electron chi connectivity index (χ2n) is 7.44. The molecule has 1 aromatic heterocycles. The molecular formula is C21H20O12. The predicted octanol–water partition coefficient (Wildman–Crippen LogP) is -0.539. The van der Waals surface area contributed by atoms with Gasteiger partial charge in [-0.25, -0.2) is 0 Å². The maximum atomic E-state index is 12.7. The number of aromatic hydroxyl groups is 4. The van der Waals surface area contributed by atoms with Gasteiger partial charge in [-0.05, 0) is 18.2 Å². The standard InChI is InChI=1S/C21H20O12/c22-6-14-16(27)18(29)19(30)21(32-14)33-20-11(26)5-13-15(17(20)28)10(25)4-12(31-13)7-1-2-8(23)9(24)3-7/h1-5,14,16,18-19,21-24,26-30H,6H2/t14-,16-,18-,19+,21+/m1/s1. The smallest absolute Gasteiger partial charge is 0.229 e. The zero-order valence-corrected chi connectivity index (χ0v) is 16.7. The summed E-state index contributed by atoms with van der Waals surface area (Å²) in [5, 5.41) is 78.8. The molecule has 0 spiro atoms. The molecule has 1 fully saturated rings. The van der Waals surface area contributed by atoms with Gasteiger partial charge in [0, 0.05) is 17.7 Å². The summed E-state index contributed by atoms with van der Waals surface area (Å²) in [5.74, 6) is -3.11. The minimum absolute atomic E-state index is 0.0378. The van der Waals surface area contributed by atoms with Crippen LogP contribution in [0.15, 0.2) is 39.5 Å². The van der Waals surface area contributed by atoms with E-state index in [1.807, 2.05) is 0 Å². The largest absolute Gasteiger partial charge is 0.504 e. The monoisotopic (exact) mass is 464 g/mol. The van der Waals surface area contributed by atoms with E-state index in [0.29, 0.717) is 0 Å². The lowest BCUT2D eigenvalue weighted by molar-refractivity contribution is -0.277. The molecule has 1 aliphatic rings. The Labute approximate surface area is 184 Å². The van der Waals surface area contributed by atoms with E-state index >= 15 is 0 Å². The SMILES string of the molecule is O=c1cc(-c2ccc(O)c(O)c2)oc2cc(O)c(O[C@@H]3O[C@H](CO)[C@@H](O)[C@@H](O)[C@@H]3O)c(O)c12. The van der Waals surface area contributed by atoms with Crippen LogP contribution >= 0.6 is 0 Å². The van der Waals surface area contributed by atoms with Crippen LogP contribution in [0.1, 0.15) is 0 Å². The molecule has 0 aliphatic carbocycles. The zero-order chi connectivity index (χ0) is 24.0. The van der Waals surface area contributed by atoms with Crippen LogP contribution in [0.25, 0.3) is 22.3 Å². The first-order valence-electron chi connectivity index (χ1n) is 9.64. The molecule has 176 valence electrons. The van der Waals surface area contributed by atoms with E-state index in [2.05, 4.69) is 0 Å². The number of aliphatic hydroxyl groups excluding tert-OH is 4. The van der Waals surface area contributed by atoms with Crippen molar-refractivity contribution in [3.8, 4) is 40.1 Å². The number of fused-ring (bicyclic) bond motifs is 1. The molecule has 0 bridgehead atoms. The first-order valence-corrected chi connectivity index (χ1v) is 9.64. The average molecular weight is 464 g/mol. The van der Waals surface area contributed by atoms with Crippen molar-refractivity contribution in [3.63, 3.8) is 0 Å². The second kappa shape index (κ2) is 8.42. The van der Waals surface area contributed by atoms with Gasteiger partial charge in [0.15, 0.2) is 28.4 Å². The zero-order valence-electron chi connectivity index (χ0n) is 16.7. The van der Waals surface area contributed by atoms with Crippen LogP contribution < -0.4 is 10.2 Å². The quantitative estimate of drug-likeness (QED) is 0.229. The third kappa shape index (κ3) is 3.90. The molecule has 0 radical (unpaired) electrons. The molecule has 2 heterocycles. The van der Waals surface area contributed by atoms with Crippen molar-refractivity contribution in [1.29, 1.82) is 0 Å². The predicted molar refractivity (Wildman–Crippen MR) is 109 cm³/mol. The molecule has 3 aromatic rings. The summed E-state index contributed by atoms with van der Waals surface area (Å²) in [4.78, 5) is 12.7. The molecule has 2 aromatic carbocycles. The molecule has 0 unspecified atom stereocenters. The van der Waals surface area contributed by atoms with E-state index in [0.717, 1.165) is 18.2 Å². The number of hydrogen-bond acceptors (Lipinski definition) is 12. The summed E-state index contributed by atoms with van der Waals surface area (Å²) in [5.41, 5.74) is -0.777. The van der Waals surface area contributed by atoms with E-state index in [9.17, 15) is 45.6 Å². The summed E-state index contributed by atoms with van der Waals surface area (Å²) < 4.78 is 16.0. The lowest BCUT2D eigenvalue weighted by atomic mass is 9.99.